The van der Waals surface area contributed by atoms with Crippen molar-refractivity contribution < 1.29 is 28.3 Å². The maximum Gasteiger partial charge on any atom is 0.266 e. The Morgan fingerprint density at radius 3 is 2.36 bits per heavy atom. The van der Waals surface area contributed by atoms with Gasteiger partial charge in [0.2, 0.25) is 5.91 Å². The second-order valence-electron chi connectivity index (χ2n) is 8.61. The van der Waals surface area contributed by atoms with Crippen LogP contribution in [0.1, 0.15) is 31.9 Å². The summed E-state index contributed by atoms with van der Waals surface area (Å²) in [6, 6.07) is 19.9. The van der Waals surface area contributed by atoms with Crippen molar-refractivity contribution in [2.75, 3.05) is 23.2 Å². The molecule has 0 radical (unpaired) electrons. The quantitative estimate of drug-likeness (QED) is 0.411. The molecule has 7 nitrogen and oxygen atoms in total. The number of hydrogen-bond donors (Lipinski definition) is 0. The summed E-state index contributed by atoms with van der Waals surface area (Å²) < 4.78 is 26.3. The zero-order chi connectivity index (χ0) is 25.2. The Labute approximate surface area is 208 Å². The summed E-state index contributed by atoms with van der Waals surface area (Å²) in [5, 5.41) is 1.60. The molecule has 3 aromatic rings. The first-order chi connectivity index (χ1) is 17.5. The number of amides is 2. The number of hydrogen-bond acceptors (Lipinski definition) is 6. The molecule has 0 bridgehead atoms. The van der Waals surface area contributed by atoms with Crippen LogP contribution in [-0.2, 0) is 14.4 Å². The predicted octanol–water partition coefficient (Wildman–Crippen LogP) is 5.06. The molecule has 0 spiro atoms. The molecule has 3 atom stereocenters. The third-order valence-electron chi connectivity index (χ3n) is 6.29. The number of ether oxygens (including phenoxy) is 2. The van der Waals surface area contributed by atoms with E-state index in [2.05, 4.69) is 0 Å². The van der Waals surface area contributed by atoms with Crippen molar-refractivity contribution in [1.29, 1.82) is 0 Å². The molecule has 3 aromatic carbocycles. The van der Waals surface area contributed by atoms with E-state index in [4.69, 9.17) is 14.3 Å². The number of benzene rings is 3. The van der Waals surface area contributed by atoms with E-state index in [-0.39, 0.29) is 5.69 Å². The van der Waals surface area contributed by atoms with Gasteiger partial charge in [-0.05, 0) is 55.3 Å². The van der Waals surface area contributed by atoms with Gasteiger partial charge in [-0.15, -0.1) is 0 Å². The third-order valence-corrected chi connectivity index (χ3v) is 6.29. The number of nitrogens with zero attached hydrogens (tertiary/aromatic N) is 2. The lowest BCUT2D eigenvalue weighted by molar-refractivity contribution is -0.126. The van der Waals surface area contributed by atoms with Gasteiger partial charge in [0.15, 0.2) is 17.6 Å². The molecule has 2 amide bonds. The van der Waals surface area contributed by atoms with Crippen LogP contribution in [0.25, 0.3) is 0 Å². The number of anilines is 2. The lowest BCUT2D eigenvalue weighted by atomic mass is 9.90. The van der Waals surface area contributed by atoms with Gasteiger partial charge in [0, 0.05) is 0 Å². The van der Waals surface area contributed by atoms with Crippen LogP contribution in [0.4, 0.5) is 15.8 Å². The van der Waals surface area contributed by atoms with Crippen molar-refractivity contribution in [3.05, 3.63) is 84.2 Å². The molecule has 2 aliphatic heterocycles. The Morgan fingerprint density at radius 1 is 0.889 bits per heavy atom. The number of para-hydroxylation sites is 2. The monoisotopic (exact) mass is 490 g/mol. The van der Waals surface area contributed by atoms with E-state index < -0.39 is 35.7 Å². The first kappa shape index (κ1) is 23.8. The minimum atomic E-state index is -1.09. The minimum Gasteiger partial charge on any atom is -0.490 e. The number of fused-ring (bicyclic) bond motifs is 1. The largest absolute Gasteiger partial charge is 0.490 e. The molecule has 36 heavy (non-hydrogen) atoms. The maximum atomic E-state index is 14.6. The van der Waals surface area contributed by atoms with E-state index in [0.717, 1.165) is 16.9 Å². The van der Waals surface area contributed by atoms with E-state index in [1.807, 2.05) is 62.4 Å². The Hall–Kier alpha value is -3.91. The lowest BCUT2D eigenvalue weighted by Crippen LogP contribution is -2.37. The van der Waals surface area contributed by atoms with Crippen molar-refractivity contribution in [2.24, 2.45) is 5.92 Å². The molecule has 0 aliphatic carbocycles. The zero-order valence-corrected chi connectivity index (χ0v) is 20.1. The summed E-state index contributed by atoms with van der Waals surface area (Å²) in [5.74, 6) is -1.48. The van der Waals surface area contributed by atoms with Gasteiger partial charge in [-0.1, -0.05) is 43.3 Å². The van der Waals surface area contributed by atoms with Crippen LogP contribution >= 0.6 is 0 Å². The van der Waals surface area contributed by atoms with Crippen molar-refractivity contribution in [1.82, 2.24) is 0 Å². The summed E-state index contributed by atoms with van der Waals surface area (Å²) in [4.78, 5) is 34.1. The van der Waals surface area contributed by atoms with E-state index in [0.29, 0.717) is 30.4 Å². The Morgan fingerprint density at radius 2 is 1.64 bits per heavy atom. The molecule has 0 N–H and O–H groups in total. The summed E-state index contributed by atoms with van der Waals surface area (Å²) in [7, 11) is 0. The normalized spacial score (nSPS) is 21.1. The number of hydroxylamine groups is 1. The molecule has 2 fully saturated rings. The standard InChI is InChI=1S/C28H27FN2O5/c1-3-16-35-22-15-14-18(17-23(22)34-4-2)25-24-26(36-31(25)19-10-6-5-7-11-19)28(33)30(27(24)32)21-13-9-8-12-20(21)29/h5-15,17,24-26H,3-4,16H2,1-2H3/t24-,25+,26-/m0/s1. The SMILES string of the molecule is CCCOc1ccc([C@@H]2[C@@H]3C(=O)N(c4ccccc4F)C(=O)[C@H]3ON2c2ccccc2)cc1OCC. The molecule has 0 unspecified atom stereocenters. The van der Waals surface area contributed by atoms with E-state index >= 15 is 0 Å². The molecule has 5 rings (SSSR count). The topological polar surface area (TPSA) is 68.3 Å². The Balaban J connectivity index is 1.59. The number of carbonyl (C=O) groups excluding carboxylic acids is 2. The van der Waals surface area contributed by atoms with Crippen molar-refractivity contribution in [3.63, 3.8) is 0 Å². The zero-order valence-electron chi connectivity index (χ0n) is 20.1. The highest BCUT2D eigenvalue weighted by Gasteiger charge is 2.60. The molecule has 2 heterocycles. The van der Waals surface area contributed by atoms with E-state index in [1.165, 1.54) is 18.2 Å². The summed E-state index contributed by atoms with van der Waals surface area (Å²) in [6.07, 6.45) is -0.244. The molecule has 186 valence electrons. The first-order valence-electron chi connectivity index (χ1n) is 12.1. The van der Waals surface area contributed by atoms with Crippen LogP contribution < -0.4 is 19.4 Å². The molecular weight excluding hydrogens is 463 g/mol. The first-order valence-corrected chi connectivity index (χ1v) is 12.1. The van der Waals surface area contributed by atoms with Gasteiger partial charge < -0.3 is 9.47 Å². The smallest absolute Gasteiger partial charge is 0.266 e. The second kappa shape index (κ2) is 9.99. The highest BCUT2D eigenvalue weighted by molar-refractivity contribution is 6.24. The van der Waals surface area contributed by atoms with Gasteiger partial charge in [-0.25, -0.2) is 14.4 Å². The fourth-order valence-electron chi connectivity index (χ4n) is 4.73. The minimum absolute atomic E-state index is 0.0752. The van der Waals surface area contributed by atoms with Crippen LogP contribution in [0.2, 0.25) is 0 Å². The van der Waals surface area contributed by atoms with Crippen LogP contribution in [-0.4, -0.2) is 31.1 Å². The van der Waals surface area contributed by atoms with Crippen molar-refractivity contribution in [2.45, 2.75) is 32.4 Å². The summed E-state index contributed by atoms with van der Waals surface area (Å²) >= 11 is 0. The fraction of sp³-hybridized carbons (Fsp3) is 0.286. The van der Waals surface area contributed by atoms with Gasteiger partial charge in [0.05, 0.1) is 30.6 Å². The maximum absolute atomic E-state index is 14.6. The van der Waals surface area contributed by atoms with Crippen molar-refractivity contribution in [3.8, 4) is 11.5 Å². The fourth-order valence-corrected chi connectivity index (χ4v) is 4.73. The predicted molar refractivity (Wildman–Crippen MR) is 132 cm³/mol. The van der Waals surface area contributed by atoms with Gasteiger partial charge in [0.1, 0.15) is 11.7 Å². The molecular formula is C28H27FN2O5. The molecule has 0 aromatic heterocycles. The van der Waals surface area contributed by atoms with Crippen LogP contribution in [0.15, 0.2) is 72.8 Å². The second-order valence-corrected chi connectivity index (χ2v) is 8.61. The Kier molecular flexibility index (Phi) is 6.61. The van der Waals surface area contributed by atoms with Crippen LogP contribution in [0.3, 0.4) is 0 Å². The van der Waals surface area contributed by atoms with E-state index in [9.17, 15) is 14.0 Å². The van der Waals surface area contributed by atoms with Gasteiger partial charge >= 0.3 is 0 Å². The van der Waals surface area contributed by atoms with E-state index in [1.54, 1.807) is 11.1 Å². The average molecular weight is 491 g/mol. The lowest BCUT2D eigenvalue weighted by Gasteiger charge is -2.29. The molecule has 2 aliphatic rings. The molecule has 0 saturated carbocycles. The van der Waals surface area contributed by atoms with Gasteiger partial charge in [-0.2, -0.15) is 0 Å². The number of halogens is 1. The summed E-state index contributed by atoms with van der Waals surface area (Å²) in [5.41, 5.74) is 1.34. The molecule has 8 heteroatoms. The van der Waals surface area contributed by atoms with Gasteiger partial charge in [-0.3, -0.25) is 14.4 Å². The third kappa shape index (κ3) is 4.07. The highest BCUT2D eigenvalue weighted by atomic mass is 19.1. The van der Waals surface area contributed by atoms with Crippen molar-refractivity contribution >= 4 is 23.2 Å². The van der Waals surface area contributed by atoms with Crippen LogP contribution in [0, 0.1) is 11.7 Å². The summed E-state index contributed by atoms with van der Waals surface area (Å²) in [6.45, 7) is 4.87. The molecule has 2 saturated heterocycles. The number of carbonyl (C=O) groups is 2. The number of imide groups is 1. The van der Waals surface area contributed by atoms with Crippen LogP contribution in [0.5, 0.6) is 11.5 Å². The number of rotatable bonds is 8. The van der Waals surface area contributed by atoms with Gasteiger partial charge in [0.25, 0.3) is 5.91 Å². The average Bonchev–Trinajstić information content (AvgIpc) is 3.40. The Bertz CT molecular complexity index is 1270. The highest BCUT2D eigenvalue weighted by Crippen LogP contribution is 2.49.